The Bertz CT molecular complexity index is 573. The lowest BCUT2D eigenvalue weighted by Gasteiger charge is -2.21. The Morgan fingerprint density at radius 2 is 2.00 bits per heavy atom. The number of benzene rings is 1. The highest BCUT2D eigenvalue weighted by Crippen LogP contribution is 2.48. The lowest BCUT2D eigenvalue weighted by molar-refractivity contribution is 0.333. The summed E-state index contributed by atoms with van der Waals surface area (Å²) in [7, 11) is -3.39. The number of hydrogen-bond acceptors (Lipinski definition) is 2. The molecule has 0 heterocycles. The lowest BCUT2D eigenvalue weighted by Crippen LogP contribution is -2.31. The van der Waals surface area contributed by atoms with E-state index in [4.69, 9.17) is 0 Å². The van der Waals surface area contributed by atoms with Crippen molar-refractivity contribution in [1.29, 1.82) is 0 Å². The number of nitrogens with one attached hydrogen (secondary N) is 1. The lowest BCUT2D eigenvalue weighted by atomic mass is 9.89. The van der Waals surface area contributed by atoms with Gasteiger partial charge in [-0.25, -0.2) is 13.1 Å². The maximum Gasteiger partial charge on any atom is 0.241 e. The van der Waals surface area contributed by atoms with E-state index in [1.165, 1.54) is 25.7 Å². The van der Waals surface area contributed by atoms with E-state index in [-0.39, 0.29) is 0 Å². The molecule has 2 bridgehead atoms. The van der Waals surface area contributed by atoms with Gasteiger partial charge in [-0.05, 0) is 65.1 Å². The summed E-state index contributed by atoms with van der Waals surface area (Å²) in [6.45, 7) is 0.588. The van der Waals surface area contributed by atoms with E-state index in [0.29, 0.717) is 21.8 Å². The zero-order valence-electron chi connectivity index (χ0n) is 10.7. The molecule has 0 amide bonds. The summed E-state index contributed by atoms with van der Waals surface area (Å²) in [4.78, 5) is 0.332. The summed E-state index contributed by atoms with van der Waals surface area (Å²) >= 11 is 3.30. The van der Waals surface area contributed by atoms with Gasteiger partial charge in [0, 0.05) is 11.0 Å². The third-order valence-corrected chi connectivity index (χ3v) is 6.98. The Hall–Kier alpha value is -0.390. The monoisotopic (exact) mass is 343 g/mol. The van der Waals surface area contributed by atoms with E-state index < -0.39 is 10.0 Å². The molecule has 2 aliphatic rings. The van der Waals surface area contributed by atoms with Gasteiger partial charge in [-0.2, -0.15) is 0 Å². The molecule has 3 rings (SSSR count). The predicted molar refractivity (Wildman–Crippen MR) is 78.3 cm³/mol. The average Bonchev–Trinajstić information content (AvgIpc) is 2.99. The van der Waals surface area contributed by atoms with E-state index in [0.717, 1.165) is 11.8 Å². The molecule has 0 saturated heterocycles. The first-order chi connectivity index (χ1) is 9.06. The van der Waals surface area contributed by atoms with Gasteiger partial charge in [0.2, 0.25) is 10.0 Å². The SMILES string of the molecule is O=S(=O)(NCC1CC2CCC1C2)c1ccccc1Br. The molecule has 1 N–H and O–H groups in total. The van der Waals surface area contributed by atoms with Crippen molar-refractivity contribution in [2.75, 3.05) is 6.54 Å². The predicted octanol–water partition coefficient (Wildman–Crippen LogP) is 3.16. The highest BCUT2D eigenvalue weighted by molar-refractivity contribution is 9.10. The van der Waals surface area contributed by atoms with Gasteiger partial charge in [0.25, 0.3) is 0 Å². The minimum atomic E-state index is -3.39. The van der Waals surface area contributed by atoms with Crippen molar-refractivity contribution in [3.8, 4) is 0 Å². The number of sulfonamides is 1. The molecule has 3 atom stereocenters. The van der Waals surface area contributed by atoms with Crippen LogP contribution in [0.4, 0.5) is 0 Å². The van der Waals surface area contributed by atoms with Crippen molar-refractivity contribution in [2.24, 2.45) is 17.8 Å². The minimum Gasteiger partial charge on any atom is -0.211 e. The average molecular weight is 344 g/mol. The summed E-state index contributed by atoms with van der Waals surface area (Å²) in [6.07, 6.45) is 5.13. The molecule has 0 radical (unpaired) electrons. The summed E-state index contributed by atoms with van der Waals surface area (Å²) in [5.74, 6) is 2.13. The van der Waals surface area contributed by atoms with Crippen LogP contribution < -0.4 is 4.72 Å². The van der Waals surface area contributed by atoms with Crippen molar-refractivity contribution < 1.29 is 8.42 Å². The topological polar surface area (TPSA) is 46.2 Å². The number of rotatable bonds is 4. The van der Waals surface area contributed by atoms with Crippen molar-refractivity contribution in [3.63, 3.8) is 0 Å². The molecule has 2 aliphatic carbocycles. The van der Waals surface area contributed by atoms with Crippen LogP contribution in [0.5, 0.6) is 0 Å². The molecule has 19 heavy (non-hydrogen) atoms. The third-order valence-electron chi connectivity index (χ3n) is 4.55. The molecule has 2 saturated carbocycles. The van der Waals surface area contributed by atoms with Crippen LogP contribution in [-0.2, 0) is 10.0 Å². The Morgan fingerprint density at radius 1 is 1.21 bits per heavy atom. The smallest absolute Gasteiger partial charge is 0.211 e. The highest BCUT2D eigenvalue weighted by Gasteiger charge is 2.39. The van der Waals surface area contributed by atoms with Crippen LogP contribution in [0, 0.1) is 17.8 Å². The maximum atomic E-state index is 12.3. The Kier molecular flexibility index (Phi) is 3.71. The fraction of sp³-hybridized carbons (Fsp3) is 0.571. The van der Waals surface area contributed by atoms with E-state index in [1.807, 2.05) is 6.07 Å². The summed E-state index contributed by atoms with van der Waals surface area (Å²) in [5.41, 5.74) is 0. The highest BCUT2D eigenvalue weighted by atomic mass is 79.9. The second kappa shape index (κ2) is 5.19. The van der Waals surface area contributed by atoms with Gasteiger partial charge < -0.3 is 0 Å². The quantitative estimate of drug-likeness (QED) is 0.912. The summed E-state index contributed by atoms with van der Waals surface area (Å²) < 4.78 is 28.0. The molecule has 104 valence electrons. The van der Waals surface area contributed by atoms with Crippen LogP contribution in [0.1, 0.15) is 25.7 Å². The minimum absolute atomic E-state index is 0.332. The molecule has 5 heteroatoms. The second-order valence-corrected chi connectivity index (χ2v) is 8.31. The fourth-order valence-corrected chi connectivity index (χ4v) is 5.68. The van der Waals surface area contributed by atoms with Gasteiger partial charge in [-0.3, -0.25) is 0 Å². The van der Waals surface area contributed by atoms with Gasteiger partial charge in [0.15, 0.2) is 0 Å². The summed E-state index contributed by atoms with van der Waals surface area (Å²) in [6, 6.07) is 6.95. The molecule has 1 aromatic carbocycles. The third kappa shape index (κ3) is 2.73. The molecule has 2 fully saturated rings. The second-order valence-electron chi connectivity index (χ2n) is 5.72. The molecular formula is C14H18BrNO2S. The first-order valence-electron chi connectivity index (χ1n) is 6.80. The molecule has 3 nitrogen and oxygen atoms in total. The number of fused-ring (bicyclic) bond motifs is 2. The molecule has 0 spiro atoms. The molecule has 1 aromatic rings. The maximum absolute atomic E-state index is 12.3. The number of hydrogen-bond donors (Lipinski definition) is 1. The molecule has 0 aromatic heterocycles. The van der Waals surface area contributed by atoms with Crippen LogP contribution in [0.3, 0.4) is 0 Å². The van der Waals surface area contributed by atoms with Crippen LogP contribution >= 0.6 is 15.9 Å². The van der Waals surface area contributed by atoms with Crippen LogP contribution in [0.15, 0.2) is 33.6 Å². The Balaban J connectivity index is 1.68. The van der Waals surface area contributed by atoms with E-state index in [9.17, 15) is 8.42 Å². The van der Waals surface area contributed by atoms with Gasteiger partial charge in [0.1, 0.15) is 0 Å². The van der Waals surface area contributed by atoms with E-state index in [2.05, 4.69) is 20.7 Å². The molecular weight excluding hydrogens is 326 g/mol. The van der Waals surface area contributed by atoms with E-state index in [1.54, 1.807) is 18.2 Å². The largest absolute Gasteiger partial charge is 0.241 e. The molecule has 0 aliphatic heterocycles. The van der Waals surface area contributed by atoms with Crippen LogP contribution in [-0.4, -0.2) is 15.0 Å². The van der Waals surface area contributed by atoms with Gasteiger partial charge in [-0.15, -0.1) is 0 Å². The van der Waals surface area contributed by atoms with Gasteiger partial charge in [0.05, 0.1) is 4.90 Å². The first kappa shape index (κ1) is 13.6. The number of halogens is 1. The fourth-order valence-electron chi connectivity index (χ4n) is 3.58. The van der Waals surface area contributed by atoms with E-state index >= 15 is 0 Å². The first-order valence-corrected chi connectivity index (χ1v) is 9.08. The standard InChI is InChI=1S/C14H18BrNO2S/c15-13-3-1-2-4-14(13)19(17,18)16-9-12-8-10-5-6-11(12)7-10/h1-4,10-12,16H,5-9H2. The summed E-state index contributed by atoms with van der Waals surface area (Å²) in [5, 5.41) is 0. The van der Waals surface area contributed by atoms with Crippen molar-refractivity contribution in [1.82, 2.24) is 4.72 Å². The zero-order chi connectivity index (χ0) is 13.5. The van der Waals surface area contributed by atoms with Gasteiger partial charge >= 0.3 is 0 Å². The normalized spacial score (nSPS) is 29.8. The van der Waals surface area contributed by atoms with Crippen molar-refractivity contribution in [3.05, 3.63) is 28.7 Å². The van der Waals surface area contributed by atoms with Crippen molar-refractivity contribution >= 4 is 26.0 Å². The van der Waals surface area contributed by atoms with Crippen LogP contribution in [0.2, 0.25) is 0 Å². The van der Waals surface area contributed by atoms with Crippen molar-refractivity contribution in [2.45, 2.75) is 30.6 Å². The Labute approximate surface area is 123 Å². The Morgan fingerprint density at radius 3 is 2.63 bits per heavy atom. The van der Waals surface area contributed by atoms with Crippen LogP contribution in [0.25, 0.3) is 0 Å². The van der Waals surface area contributed by atoms with Gasteiger partial charge in [-0.1, -0.05) is 18.6 Å². The molecule has 3 unspecified atom stereocenters. The zero-order valence-corrected chi connectivity index (χ0v) is 13.1.